The Balaban J connectivity index is 1.72. The average Bonchev–Trinajstić information content (AvgIpc) is 2.47. The van der Waals surface area contributed by atoms with E-state index in [9.17, 15) is 4.79 Å². The molecule has 0 aliphatic carbocycles. The summed E-state index contributed by atoms with van der Waals surface area (Å²) in [4.78, 5) is 13.0. The lowest BCUT2D eigenvalue weighted by molar-refractivity contribution is -0.120. The summed E-state index contributed by atoms with van der Waals surface area (Å²) in [6, 6.07) is 16.3. The number of amides is 1. The Labute approximate surface area is 138 Å². The molecule has 4 heteroatoms. The third-order valence-corrected chi connectivity index (χ3v) is 5.02. The molecule has 0 saturated carbocycles. The van der Waals surface area contributed by atoms with E-state index in [1.807, 2.05) is 30.3 Å². The highest BCUT2D eigenvalue weighted by atomic mass is 79.9. The summed E-state index contributed by atoms with van der Waals surface area (Å²) >= 11 is 5.20. The van der Waals surface area contributed by atoms with E-state index in [-0.39, 0.29) is 5.91 Å². The number of halogens is 1. The fraction of sp³-hybridized carbons (Fsp3) is 0.235. The molecular weight excluding hydrogens is 346 g/mol. The molecule has 0 bridgehead atoms. The molecule has 2 aromatic rings. The van der Waals surface area contributed by atoms with Crippen LogP contribution in [0.25, 0.3) is 0 Å². The van der Waals surface area contributed by atoms with E-state index in [1.165, 1.54) is 10.5 Å². The van der Waals surface area contributed by atoms with Crippen LogP contribution in [0, 0.1) is 6.92 Å². The first-order valence-electron chi connectivity index (χ1n) is 6.85. The Hall–Kier alpha value is -1.26. The van der Waals surface area contributed by atoms with Gasteiger partial charge in [-0.3, -0.25) is 4.79 Å². The maximum absolute atomic E-state index is 11.8. The van der Waals surface area contributed by atoms with Crippen molar-refractivity contribution in [3.63, 3.8) is 0 Å². The van der Waals surface area contributed by atoms with Gasteiger partial charge in [0.25, 0.3) is 0 Å². The van der Waals surface area contributed by atoms with Crippen LogP contribution in [0.4, 0.5) is 0 Å². The van der Waals surface area contributed by atoms with Crippen molar-refractivity contribution in [2.24, 2.45) is 0 Å². The van der Waals surface area contributed by atoms with Gasteiger partial charge in [0.2, 0.25) is 5.91 Å². The molecule has 0 heterocycles. The van der Waals surface area contributed by atoms with Crippen molar-refractivity contribution in [2.75, 3.05) is 5.75 Å². The number of hydrogen-bond acceptors (Lipinski definition) is 2. The number of benzene rings is 2. The van der Waals surface area contributed by atoms with Crippen LogP contribution in [0.1, 0.15) is 17.5 Å². The van der Waals surface area contributed by atoms with E-state index >= 15 is 0 Å². The zero-order valence-electron chi connectivity index (χ0n) is 11.9. The molecule has 0 atom stereocenters. The Morgan fingerprint density at radius 2 is 2.00 bits per heavy atom. The Kier molecular flexibility index (Phi) is 6.33. The fourth-order valence-corrected chi connectivity index (χ4v) is 3.44. The Morgan fingerprint density at radius 1 is 1.19 bits per heavy atom. The smallest absolute Gasteiger partial charge is 0.221 e. The van der Waals surface area contributed by atoms with Gasteiger partial charge in [0.1, 0.15) is 0 Å². The zero-order valence-corrected chi connectivity index (χ0v) is 14.3. The van der Waals surface area contributed by atoms with Crippen LogP contribution in [0.3, 0.4) is 0 Å². The van der Waals surface area contributed by atoms with E-state index in [2.05, 4.69) is 46.4 Å². The molecule has 0 aromatic heterocycles. The van der Waals surface area contributed by atoms with Crippen LogP contribution < -0.4 is 5.32 Å². The number of nitrogens with one attached hydrogen (secondary N) is 1. The van der Waals surface area contributed by atoms with Crippen molar-refractivity contribution in [2.45, 2.75) is 24.8 Å². The first-order chi connectivity index (χ1) is 10.1. The molecule has 0 saturated heterocycles. The second-order valence-corrected chi connectivity index (χ2v) is 6.79. The van der Waals surface area contributed by atoms with Gasteiger partial charge in [-0.1, -0.05) is 42.0 Å². The van der Waals surface area contributed by atoms with Gasteiger partial charge in [-0.25, -0.2) is 0 Å². The van der Waals surface area contributed by atoms with Gasteiger partial charge in [-0.2, -0.15) is 0 Å². The summed E-state index contributed by atoms with van der Waals surface area (Å²) < 4.78 is 1.08. The largest absolute Gasteiger partial charge is 0.352 e. The van der Waals surface area contributed by atoms with Crippen molar-refractivity contribution in [3.8, 4) is 0 Å². The van der Waals surface area contributed by atoms with Crippen LogP contribution in [0.5, 0.6) is 0 Å². The van der Waals surface area contributed by atoms with Gasteiger partial charge >= 0.3 is 0 Å². The van der Waals surface area contributed by atoms with Gasteiger partial charge in [-0.05, 0) is 40.5 Å². The van der Waals surface area contributed by atoms with Crippen molar-refractivity contribution >= 4 is 33.6 Å². The topological polar surface area (TPSA) is 29.1 Å². The molecular formula is C17H18BrNOS. The predicted octanol–water partition coefficient (Wildman–Crippen LogP) is 4.56. The van der Waals surface area contributed by atoms with E-state index in [1.54, 1.807) is 11.8 Å². The minimum atomic E-state index is 0.0936. The number of aryl methyl sites for hydroxylation is 1. The molecule has 2 rings (SSSR count). The molecule has 1 amide bonds. The van der Waals surface area contributed by atoms with Crippen LogP contribution in [-0.4, -0.2) is 11.7 Å². The van der Waals surface area contributed by atoms with Crippen LogP contribution in [0.2, 0.25) is 0 Å². The van der Waals surface area contributed by atoms with Crippen LogP contribution in [0.15, 0.2) is 57.9 Å². The van der Waals surface area contributed by atoms with Gasteiger partial charge in [0.15, 0.2) is 0 Å². The lowest BCUT2D eigenvalue weighted by Gasteiger charge is -2.07. The number of carbonyl (C=O) groups excluding carboxylic acids is 1. The number of carbonyl (C=O) groups is 1. The molecule has 0 unspecified atom stereocenters. The summed E-state index contributed by atoms with van der Waals surface area (Å²) in [6.07, 6.45) is 0.526. The standard InChI is InChI=1S/C17H18BrNOS/c1-13-5-4-6-14(11-13)12-19-17(20)9-10-21-16-8-3-2-7-15(16)18/h2-8,11H,9-10,12H2,1H3,(H,19,20). The van der Waals surface area contributed by atoms with E-state index in [4.69, 9.17) is 0 Å². The predicted molar refractivity (Wildman–Crippen MR) is 92.5 cm³/mol. The summed E-state index contributed by atoms with van der Waals surface area (Å²) in [5.74, 6) is 0.874. The van der Waals surface area contributed by atoms with E-state index < -0.39 is 0 Å². The third-order valence-electron chi connectivity index (χ3n) is 3.00. The van der Waals surface area contributed by atoms with Gasteiger partial charge < -0.3 is 5.32 Å². The quantitative estimate of drug-likeness (QED) is 0.762. The normalized spacial score (nSPS) is 10.4. The van der Waals surface area contributed by atoms with E-state index in [0.717, 1.165) is 15.8 Å². The summed E-state index contributed by atoms with van der Waals surface area (Å²) in [7, 11) is 0. The van der Waals surface area contributed by atoms with Gasteiger partial charge in [-0.15, -0.1) is 11.8 Å². The Morgan fingerprint density at radius 3 is 2.76 bits per heavy atom. The molecule has 0 radical (unpaired) electrons. The molecule has 1 N–H and O–H groups in total. The minimum Gasteiger partial charge on any atom is -0.352 e. The highest BCUT2D eigenvalue weighted by Gasteiger charge is 2.04. The van der Waals surface area contributed by atoms with E-state index in [0.29, 0.717) is 13.0 Å². The summed E-state index contributed by atoms with van der Waals surface area (Å²) in [5.41, 5.74) is 2.35. The lowest BCUT2D eigenvalue weighted by atomic mass is 10.1. The molecule has 0 fully saturated rings. The molecule has 2 aromatic carbocycles. The van der Waals surface area contributed by atoms with Crippen molar-refractivity contribution in [1.29, 1.82) is 0 Å². The first-order valence-corrected chi connectivity index (χ1v) is 8.62. The molecule has 0 aliphatic rings. The molecule has 0 aliphatic heterocycles. The number of hydrogen-bond donors (Lipinski definition) is 1. The zero-order chi connectivity index (χ0) is 15.1. The summed E-state index contributed by atoms with van der Waals surface area (Å²) in [6.45, 7) is 2.65. The minimum absolute atomic E-state index is 0.0936. The highest BCUT2D eigenvalue weighted by molar-refractivity contribution is 9.10. The summed E-state index contributed by atoms with van der Waals surface area (Å²) in [5, 5.41) is 2.96. The van der Waals surface area contributed by atoms with Crippen molar-refractivity contribution in [1.82, 2.24) is 5.32 Å². The maximum Gasteiger partial charge on any atom is 0.221 e. The number of rotatable bonds is 6. The third kappa shape index (κ3) is 5.56. The Bertz CT molecular complexity index is 615. The molecule has 21 heavy (non-hydrogen) atoms. The second-order valence-electron chi connectivity index (χ2n) is 4.79. The van der Waals surface area contributed by atoms with Gasteiger partial charge in [0, 0.05) is 28.1 Å². The monoisotopic (exact) mass is 363 g/mol. The molecule has 0 spiro atoms. The first kappa shape index (κ1) is 16.1. The fourth-order valence-electron chi connectivity index (χ4n) is 1.93. The van der Waals surface area contributed by atoms with Crippen LogP contribution >= 0.6 is 27.7 Å². The average molecular weight is 364 g/mol. The SMILES string of the molecule is Cc1cccc(CNC(=O)CCSc2ccccc2Br)c1. The highest BCUT2D eigenvalue weighted by Crippen LogP contribution is 2.27. The molecule has 110 valence electrons. The second kappa shape index (κ2) is 8.25. The van der Waals surface area contributed by atoms with Crippen LogP contribution in [-0.2, 0) is 11.3 Å². The van der Waals surface area contributed by atoms with Crippen molar-refractivity contribution < 1.29 is 4.79 Å². The molecule has 2 nitrogen and oxygen atoms in total. The maximum atomic E-state index is 11.8. The van der Waals surface area contributed by atoms with Crippen molar-refractivity contribution in [3.05, 3.63) is 64.1 Å². The van der Waals surface area contributed by atoms with Gasteiger partial charge in [0.05, 0.1) is 0 Å². The lowest BCUT2D eigenvalue weighted by Crippen LogP contribution is -2.23. The number of thioether (sulfide) groups is 1.